The van der Waals surface area contributed by atoms with Crippen LogP contribution in [-0.4, -0.2) is 22.1 Å². The Morgan fingerprint density at radius 2 is 1.85 bits per heavy atom. The van der Waals surface area contributed by atoms with Crippen LogP contribution in [0.25, 0.3) is 6.08 Å². The predicted octanol–water partition coefficient (Wildman–Crippen LogP) is 4.29. The van der Waals surface area contributed by atoms with E-state index in [9.17, 15) is 19.7 Å². The Bertz CT molecular complexity index is 1790. The molecule has 0 saturated carbocycles. The molecule has 9 nitrogen and oxygen atoms in total. The number of rotatable bonds is 8. The highest BCUT2D eigenvalue weighted by atomic mass is 32.1. The first-order chi connectivity index (χ1) is 19.4. The molecule has 0 bridgehead atoms. The molecule has 0 fully saturated rings. The molecule has 1 aliphatic rings. The van der Waals surface area contributed by atoms with E-state index in [1.807, 2.05) is 49.4 Å². The molecule has 0 saturated heterocycles. The summed E-state index contributed by atoms with van der Waals surface area (Å²) in [7, 11) is 0. The summed E-state index contributed by atoms with van der Waals surface area (Å²) in [5.41, 5.74) is 2.29. The van der Waals surface area contributed by atoms with E-state index < -0.39 is 16.9 Å². The number of nitrogens with zero attached hydrogens (tertiary/aromatic N) is 3. The first kappa shape index (κ1) is 26.8. The number of carbonyl (C=O) groups excluding carboxylic acids is 1. The Hall–Kier alpha value is -4.83. The number of allylic oxidation sites excluding steroid dienone is 1. The van der Waals surface area contributed by atoms with Gasteiger partial charge in [-0.3, -0.25) is 19.5 Å². The number of nitro benzene ring substituents is 1. The number of benzene rings is 3. The molecular weight excluding hydrogens is 530 g/mol. The number of hydrogen-bond acceptors (Lipinski definition) is 8. The smallest absolute Gasteiger partial charge is 0.338 e. The lowest BCUT2D eigenvalue weighted by Gasteiger charge is -2.25. The predicted molar refractivity (Wildman–Crippen MR) is 151 cm³/mol. The highest BCUT2D eigenvalue weighted by Crippen LogP contribution is 2.32. The number of thiazole rings is 1. The van der Waals surface area contributed by atoms with Gasteiger partial charge in [0.25, 0.3) is 11.2 Å². The molecule has 0 amide bonds. The second-order valence-electron chi connectivity index (χ2n) is 9.00. The summed E-state index contributed by atoms with van der Waals surface area (Å²) < 4.78 is 13.1. The maximum absolute atomic E-state index is 13.8. The van der Waals surface area contributed by atoms with Gasteiger partial charge in [-0.25, -0.2) is 9.79 Å². The van der Waals surface area contributed by atoms with Crippen LogP contribution in [0.1, 0.15) is 36.6 Å². The molecule has 4 aromatic rings. The van der Waals surface area contributed by atoms with Crippen molar-refractivity contribution in [1.29, 1.82) is 0 Å². The van der Waals surface area contributed by atoms with Crippen LogP contribution >= 0.6 is 11.3 Å². The summed E-state index contributed by atoms with van der Waals surface area (Å²) in [6.45, 7) is 4.19. The van der Waals surface area contributed by atoms with Gasteiger partial charge in [-0.15, -0.1) is 0 Å². The van der Waals surface area contributed by atoms with Crippen LogP contribution < -0.4 is 19.6 Å². The van der Waals surface area contributed by atoms with E-state index in [0.717, 1.165) is 16.9 Å². The van der Waals surface area contributed by atoms with Gasteiger partial charge in [-0.05, 0) is 48.7 Å². The molecule has 0 N–H and O–H groups in total. The Balaban J connectivity index is 1.61. The summed E-state index contributed by atoms with van der Waals surface area (Å²) in [6.07, 6.45) is 1.60. The Kier molecular flexibility index (Phi) is 7.70. The number of hydrogen-bond donors (Lipinski definition) is 0. The number of aromatic nitrogens is 1. The lowest BCUT2D eigenvalue weighted by Crippen LogP contribution is -2.39. The van der Waals surface area contributed by atoms with Gasteiger partial charge in [0.15, 0.2) is 4.80 Å². The highest BCUT2D eigenvalue weighted by molar-refractivity contribution is 7.07. The molecule has 5 rings (SSSR count). The fraction of sp³-hybridized carbons (Fsp3) is 0.167. The fourth-order valence-corrected chi connectivity index (χ4v) is 5.54. The molecule has 2 heterocycles. The van der Waals surface area contributed by atoms with Crippen LogP contribution in [0.4, 0.5) is 5.69 Å². The first-order valence-electron chi connectivity index (χ1n) is 12.6. The molecule has 202 valence electrons. The van der Waals surface area contributed by atoms with Crippen molar-refractivity contribution in [3.05, 3.63) is 137 Å². The van der Waals surface area contributed by atoms with Crippen molar-refractivity contribution in [2.75, 3.05) is 6.61 Å². The molecule has 0 radical (unpaired) electrons. The lowest BCUT2D eigenvalue weighted by molar-refractivity contribution is -0.384. The lowest BCUT2D eigenvalue weighted by atomic mass is 9.96. The van der Waals surface area contributed by atoms with E-state index in [-0.39, 0.29) is 23.4 Å². The van der Waals surface area contributed by atoms with Crippen molar-refractivity contribution in [3.63, 3.8) is 0 Å². The number of fused-ring (bicyclic) bond motifs is 1. The van der Waals surface area contributed by atoms with E-state index in [1.54, 1.807) is 37.3 Å². The molecule has 1 aromatic heterocycles. The first-order valence-corrected chi connectivity index (χ1v) is 13.4. The molecular formula is C30H25N3O6S. The monoisotopic (exact) mass is 555 g/mol. The number of carbonyl (C=O) groups is 1. The molecule has 1 aliphatic heterocycles. The van der Waals surface area contributed by atoms with Crippen molar-refractivity contribution in [2.45, 2.75) is 26.5 Å². The van der Waals surface area contributed by atoms with Crippen LogP contribution in [0.2, 0.25) is 0 Å². The largest absolute Gasteiger partial charge is 0.494 e. The summed E-state index contributed by atoms with van der Waals surface area (Å²) in [6, 6.07) is 21.8. The maximum Gasteiger partial charge on any atom is 0.338 e. The van der Waals surface area contributed by atoms with Gasteiger partial charge in [-0.1, -0.05) is 65.9 Å². The van der Waals surface area contributed by atoms with Gasteiger partial charge in [-0.2, -0.15) is 0 Å². The fourth-order valence-electron chi connectivity index (χ4n) is 4.49. The SMILES string of the molecule is CCOc1ccc(C2C(C(=O)OCc3ccccc3)=C(C)N=c3s/c(=C\c4cccc([N+](=O)[O-])c4)c(=O)n32)cc1. The van der Waals surface area contributed by atoms with Crippen molar-refractivity contribution in [1.82, 2.24) is 4.57 Å². The molecule has 10 heteroatoms. The minimum absolute atomic E-state index is 0.0731. The zero-order valence-corrected chi connectivity index (χ0v) is 22.6. The van der Waals surface area contributed by atoms with Crippen molar-refractivity contribution in [3.8, 4) is 5.75 Å². The molecule has 1 unspecified atom stereocenters. The van der Waals surface area contributed by atoms with Gasteiger partial charge in [0.2, 0.25) is 0 Å². The summed E-state index contributed by atoms with van der Waals surface area (Å²) in [4.78, 5) is 43.1. The number of nitro groups is 1. The van der Waals surface area contributed by atoms with Crippen LogP contribution in [0, 0.1) is 10.1 Å². The van der Waals surface area contributed by atoms with Crippen molar-refractivity contribution < 1.29 is 19.2 Å². The second kappa shape index (κ2) is 11.5. The molecule has 1 atom stereocenters. The third-order valence-corrected chi connectivity index (χ3v) is 7.32. The Labute approximate surface area is 233 Å². The van der Waals surface area contributed by atoms with Gasteiger partial charge >= 0.3 is 5.97 Å². The zero-order chi connectivity index (χ0) is 28.2. The molecule has 40 heavy (non-hydrogen) atoms. The van der Waals surface area contributed by atoms with Crippen molar-refractivity contribution >= 4 is 29.1 Å². The average Bonchev–Trinajstić information content (AvgIpc) is 3.26. The summed E-state index contributed by atoms with van der Waals surface area (Å²) in [5, 5.41) is 11.2. The second-order valence-corrected chi connectivity index (χ2v) is 10.0. The number of esters is 1. The van der Waals surface area contributed by atoms with Crippen LogP contribution in [-0.2, 0) is 16.1 Å². The van der Waals surface area contributed by atoms with Gasteiger partial charge < -0.3 is 9.47 Å². The normalized spacial score (nSPS) is 14.8. The van der Waals surface area contributed by atoms with Crippen molar-refractivity contribution in [2.24, 2.45) is 4.99 Å². The summed E-state index contributed by atoms with van der Waals surface area (Å²) >= 11 is 1.16. The number of non-ortho nitro benzene ring substituents is 1. The molecule has 0 aliphatic carbocycles. The molecule has 0 spiro atoms. The average molecular weight is 556 g/mol. The number of ether oxygens (including phenoxy) is 2. The van der Waals surface area contributed by atoms with E-state index in [2.05, 4.69) is 4.99 Å². The van der Waals surface area contributed by atoms with Gasteiger partial charge in [0.1, 0.15) is 12.4 Å². The minimum Gasteiger partial charge on any atom is -0.494 e. The zero-order valence-electron chi connectivity index (χ0n) is 21.8. The minimum atomic E-state index is -0.789. The highest BCUT2D eigenvalue weighted by Gasteiger charge is 2.33. The van der Waals surface area contributed by atoms with Gasteiger partial charge in [0, 0.05) is 12.1 Å². The maximum atomic E-state index is 13.8. The van der Waals surface area contributed by atoms with Crippen LogP contribution in [0.15, 0.2) is 99.9 Å². The van der Waals surface area contributed by atoms with Crippen LogP contribution in [0.3, 0.4) is 0 Å². The Morgan fingerprint density at radius 3 is 2.55 bits per heavy atom. The third kappa shape index (κ3) is 5.48. The molecule has 3 aromatic carbocycles. The van der Waals surface area contributed by atoms with E-state index >= 15 is 0 Å². The summed E-state index contributed by atoms with van der Waals surface area (Å²) in [5.74, 6) is 0.0928. The van der Waals surface area contributed by atoms with Gasteiger partial charge in [0.05, 0.1) is 33.4 Å². The Morgan fingerprint density at radius 1 is 1.10 bits per heavy atom. The third-order valence-electron chi connectivity index (χ3n) is 6.34. The van der Waals surface area contributed by atoms with E-state index in [0.29, 0.717) is 38.5 Å². The quantitative estimate of drug-likeness (QED) is 0.182. The van der Waals surface area contributed by atoms with E-state index in [4.69, 9.17) is 9.47 Å². The van der Waals surface area contributed by atoms with Crippen LogP contribution in [0.5, 0.6) is 5.75 Å². The standard InChI is InChI=1S/C30H25N3O6S/c1-3-38-24-14-12-22(13-15-24)27-26(29(35)39-18-20-8-5-4-6-9-20)19(2)31-30-32(27)28(34)25(40-30)17-21-10-7-11-23(16-21)33(36)37/h4-17,27H,3,18H2,1-2H3/b25-17-. The van der Waals surface area contributed by atoms with E-state index in [1.165, 1.54) is 16.7 Å². The topological polar surface area (TPSA) is 113 Å².